The number of aryl methyl sites for hydroxylation is 1. The number of benzene rings is 1. The highest BCUT2D eigenvalue weighted by atomic mass is 16.7. The molecule has 5 aliphatic rings. The van der Waals surface area contributed by atoms with Gasteiger partial charge in [-0.15, -0.1) is 0 Å². The first-order valence-electron chi connectivity index (χ1n) is 14.5. The van der Waals surface area contributed by atoms with Crippen LogP contribution in [-0.4, -0.2) is 67.1 Å². The van der Waals surface area contributed by atoms with Crippen LogP contribution in [0.3, 0.4) is 0 Å². The summed E-state index contributed by atoms with van der Waals surface area (Å²) < 4.78 is 24.4. The smallest absolute Gasteiger partial charge is 0.449 e. The van der Waals surface area contributed by atoms with Crippen molar-refractivity contribution in [2.75, 3.05) is 19.7 Å². The minimum atomic E-state index is -0.543. The van der Waals surface area contributed by atoms with Crippen LogP contribution < -0.4 is 5.32 Å². The van der Waals surface area contributed by atoms with Crippen molar-refractivity contribution in [3.05, 3.63) is 35.4 Å². The predicted molar refractivity (Wildman–Crippen MR) is 149 cm³/mol. The van der Waals surface area contributed by atoms with E-state index < -0.39 is 18.8 Å². The molecule has 3 aliphatic carbocycles. The Labute approximate surface area is 233 Å². The van der Waals surface area contributed by atoms with Crippen LogP contribution in [0.5, 0.6) is 0 Å². The summed E-state index contributed by atoms with van der Waals surface area (Å²) in [4.78, 5) is 27.1. The fraction of sp³-hybridized carbons (Fsp3) is 0.733. The number of alkyl carbamates (subject to hydrolysis) is 1. The molecule has 2 bridgehead atoms. The van der Waals surface area contributed by atoms with Crippen molar-refractivity contribution in [1.29, 1.82) is 0 Å². The molecule has 0 radical (unpaired) electrons. The lowest BCUT2D eigenvalue weighted by atomic mass is 9.43. The van der Waals surface area contributed by atoms with Crippen LogP contribution >= 0.6 is 0 Å². The van der Waals surface area contributed by atoms with E-state index in [-0.39, 0.29) is 41.7 Å². The van der Waals surface area contributed by atoms with Gasteiger partial charge in [-0.3, -0.25) is 0 Å². The fourth-order valence-corrected chi connectivity index (χ4v) is 7.11. The summed E-state index contributed by atoms with van der Waals surface area (Å²) in [6.45, 7) is 15.9. The lowest BCUT2D eigenvalue weighted by Crippen LogP contribution is -2.65. The van der Waals surface area contributed by atoms with E-state index in [1.165, 1.54) is 12.0 Å². The van der Waals surface area contributed by atoms with Crippen molar-refractivity contribution in [2.45, 2.75) is 97.4 Å². The van der Waals surface area contributed by atoms with Crippen LogP contribution in [0.2, 0.25) is 0 Å². The maximum absolute atomic E-state index is 13.0. The number of rotatable bonds is 6. The molecule has 6 rings (SSSR count). The van der Waals surface area contributed by atoms with Gasteiger partial charge in [-0.1, -0.05) is 43.7 Å². The molecule has 1 aromatic carbocycles. The van der Waals surface area contributed by atoms with Crippen LogP contribution in [-0.2, 0) is 25.2 Å². The molecule has 1 N–H and O–H groups in total. The van der Waals surface area contributed by atoms with E-state index >= 15 is 0 Å². The molecule has 2 heterocycles. The van der Waals surface area contributed by atoms with Gasteiger partial charge >= 0.3 is 19.3 Å². The Balaban J connectivity index is 1.20. The molecule has 0 unspecified atom stereocenters. The summed E-state index contributed by atoms with van der Waals surface area (Å²) >= 11 is 0. The Morgan fingerprint density at radius 3 is 2.56 bits per heavy atom. The van der Waals surface area contributed by atoms with Crippen LogP contribution in [0, 0.1) is 30.1 Å². The first-order chi connectivity index (χ1) is 18.2. The van der Waals surface area contributed by atoms with E-state index in [9.17, 15) is 9.59 Å². The van der Waals surface area contributed by atoms with Crippen molar-refractivity contribution in [1.82, 2.24) is 10.2 Å². The fourth-order valence-electron chi connectivity index (χ4n) is 7.11. The van der Waals surface area contributed by atoms with Gasteiger partial charge in [-0.05, 0) is 83.1 Å². The molecule has 8 nitrogen and oxygen atoms in total. The lowest BCUT2D eigenvalue weighted by molar-refractivity contribution is -0.199. The molecule has 0 spiro atoms. The molecule has 6 atom stereocenters. The van der Waals surface area contributed by atoms with Crippen molar-refractivity contribution >= 4 is 19.3 Å². The summed E-state index contributed by atoms with van der Waals surface area (Å²) in [5.74, 6) is 0.794. The molecule has 39 heavy (non-hydrogen) atoms. The number of carbonyl (C=O) groups is 2. The van der Waals surface area contributed by atoms with Crippen molar-refractivity contribution < 1.29 is 28.4 Å². The highest BCUT2D eigenvalue weighted by Gasteiger charge is 2.68. The van der Waals surface area contributed by atoms with Gasteiger partial charge in [0.2, 0.25) is 0 Å². The quantitative estimate of drug-likeness (QED) is 0.502. The zero-order valence-electron chi connectivity index (χ0n) is 24.6. The third kappa shape index (κ3) is 5.80. The van der Waals surface area contributed by atoms with Crippen molar-refractivity contribution in [3.8, 4) is 0 Å². The zero-order valence-corrected chi connectivity index (χ0v) is 24.6. The summed E-state index contributed by atoms with van der Waals surface area (Å²) in [5.41, 5.74) is 1.65. The van der Waals surface area contributed by atoms with Gasteiger partial charge in [0.05, 0.1) is 24.3 Å². The summed E-state index contributed by atoms with van der Waals surface area (Å²) in [5, 5.41) is 3.07. The van der Waals surface area contributed by atoms with Crippen molar-refractivity contribution in [2.24, 2.45) is 23.2 Å². The Hall–Kier alpha value is -2.26. The number of carbonyl (C=O) groups excluding carboxylic acids is 2. The van der Waals surface area contributed by atoms with E-state index in [0.717, 1.165) is 18.4 Å². The third-order valence-corrected chi connectivity index (χ3v) is 9.56. The summed E-state index contributed by atoms with van der Waals surface area (Å²) in [6.07, 6.45) is 2.75. The van der Waals surface area contributed by atoms with Gasteiger partial charge < -0.3 is 29.0 Å². The molecule has 214 valence electrons. The average Bonchev–Trinajstić information content (AvgIpc) is 3.46. The van der Waals surface area contributed by atoms with Gasteiger partial charge in [-0.25, -0.2) is 9.59 Å². The maximum Gasteiger partial charge on any atom is 0.482 e. The topological polar surface area (TPSA) is 86.3 Å². The van der Waals surface area contributed by atoms with Crippen LogP contribution in [0.15, 0.2) is 24.3 Å². The van der Waals surface area contributed by atoms with Crippen LogP contribution in [0.1, 0.15) is 71.9 Å². The van der Waals surface area contributed by atoms with E-state index in [4.69, 9.17) is 18.8 Å². The Bertz CT molecular complexity index is 1070. The molecule has 5 fully saturated rings. The van der Waals surface area contributed by atoms with Crippen LogP contribution in [0.4, 0.5) is 9.59 Å². The number of hydrogen-bond donors (Lipinski definition) is 1. The highest BCUT2D eigenvalue weighted by molar-refractivity contribution is 6.47. The lowest BCUT2D eigenvalue weighted by Gasteiger charge is -2.64. The molecule has 2 aliphatic heterocycles. The standard InChI is InChI=1S/C30H45BN2O6/c1-19-8-10-20(11-9-19)14-25(31-38-24-16-22-15-23(29(22,5)6)30(24,7)39-31)32-26(34)36-18-21-12-13-33(17-21)27(35)37-28(2,3)4/h8-11,21-25H,12-18H2,1-7H3,(H,32,34)/t21-,22-,23-,24+,25-,30-/m0/s1. The predicted octanol–water partition coefficient (Wildman–Crippen LogP) is 5.16. The normalized spacial score (nSPS) is 31.8. The molecule has 1 aromatic rings. The molecule has 2 amide bonds. The first-order valence-corrected chi connectivity index (χ1v) is 14.5. The van der Waals surface area contributed by atoms with Gasteiger partial charge in [0, 0.05) is 19.0 Å². The first kappa shape index (κ1) is 28.3. The Kier molecular flexibility index (Phi) is 7.46. The summed E-state index contributed by atoms with van der Waals surface area (Å²) in [7, 11) is -0.543. The monoisotopic (exact) mass is 540 g/mol. The Morgan fingerprint density at radius 2 is 1.90 bits per heavy atom. The third-order valence-electron chi connectivity index (χ3n) is 9.56. The molecule has 9 heteroatoms. The van der Waals surface area contributed by atoms with Gasteiger partial charge in [0.15, 0.2) is 0 Å². The van der Waals surface area contributed by atoms with E-state index in [2.05, 4.69) is 57.3 Å². The van der Waals surface area contributed by atoms with Crippen molar-refractivity contribution in [3.63, 3.8) is 0 Å². The number of amides is 2. The average molecular weight is 541 g/mol. The number of likely N-dealkylation sites (tertiary alicyclic amines) is 1. The van der Waals surface area contributed by atoms with Gasteiger partial charge in [-0.2, -0.15) is 0 Å². The minimum Gasteiger partial charge on any atom is -0.449 e. The number of nitrogens with zero attached hydrogens (tertiary/aromatic N) is 1. The molecule has 3 saturated carbocycles. The second-order valence-corrected chi connectivity index (χ2v) is 14.0. The minimum absolute atomic E-state index is 0.0370. The number of nitrogens with one attached hydrogen (secondary N) is 1. The number of hydrogen-bond acceptors (Lipinski definition) is 6. The largest absolute Gasteiger partial charge is 0.482 e. The molecule has 2 saturated heterocycles. The van der Waals surface area contributed by atoms with Gasteiger partial charge in [0.25, 0.3) is 0 Å². The second kappa shape index (κ2) is 10.3. The number of ether oxygens (including phenoxy) is 2. The van der Waals surface area contributed by atoms with Gasteiger partial charge in [0.1, 0.15) is 5.60 Å². The van der Waals surface area contributed by atoms with E-state index in [1.807, 2.05) is 20.8 Å². The van der Waals surface area contributed by atoms with Crippen LogP contribution in [0.25, 0.3) is 0 Å². The van der Waals surface area contributed by atoms with E-state index in [0.29, 0.717) is 31.3 Å². The summed E-state index contributed by atoms with van der Waals surface area (Å²) in [6, 6.07) is 8.33. The van der Waals surface area contributed by atoms with E-state index in [1.54, 1.807) is 4.90 Å². The SMILES string of the molecule is Cc1ccc(C[C@H](NC(=O)OC[C@H]2CCN(C(=O)OC(C)(C)C)C2)B2O[C@@H]3C[C@@H]4C[C@@H](C4(C)C)[C@]3(C)O2)cc1. The molecular weight excluding hydrogens is 495 g/mol. The Morgan fingerprint density at radius 1 is 1.18 bits per heavy atom. The highest BCUT2D eigenvalue weighted by Crippen LogP contribution is 2.65. The second-order valence-electron chi connectivity index (χ2n) is 14.0. The maximum atomic E-state index is 13.0. The molecular formula is C30H45BN2O6. The zero-order chi connectivity index (χ0) is 28.2. The molecule has 0 aromatic heterocycles.